The summed E-state index contributed by atoms with van der Waals surface area (Å²) >= 11 is 0. The summed E-state index contributed by atoms with van der Waals surface area (Å²) in [4.78, 5) is 37.6. The van der Waals surface area contributed by atoms with Crippen LogP contribution in [-0.2, 0) is 28.6 Å². The molecular weight excluding hydrogens is 649 g/mol. The molecule has 0 N–H and O–H groups in total. The maximum Gasteiger partial charge on any atom is 0.306 e. The fourth-order valence-electron chi connectivity index (χ4n) is 6.85. The maximum atomic E-state index is 12.6. The van der Waals surface area contributed by atoms with Crippen molar-refractivity contribution in [1.29, 1.82) is 0 Å². The number of carbonyl (C=O) groups excluding carboxylic acids is 3. The Labute approximate surface area is 323 Å². The van der Waals surface area contributed by atoms with Gasteiger partial charge in [-0.3, -0.25) is 14.4 Å². The van der Waals surface area contributed by atoms with E-state index >= 15 is 0 Å². The molecule has 0 aliphatic rings. The van der Waals surface area contributed by atoms with Crippen molar-refractivity contribution in [2.24, 2.45) is 0 Å². The minimum atomic E-state index is -0.756. The van der Waals surface area contributed by atoms with Gasteiger partial charge in [-0.1, -0.05) is 220 Å². The lowest BCUT2D eigenvalue weighted by molar-refractivity contribution is -0.167. The number of esters is 3. The second-order valence-electron chi connectivity index (χ2n) is 15.7. The van der Waals surface area contributed by atoms with Gasteiger partial charge in [0.15, 0.2) is 6.10 Å². The van der Waals surface area contributed by atoms with Crippen molar-refractivity contribution >= 4 is 17.9 Å². The third-order valence-corrected chi connectivity index (χ3v) is 10.4. The van der Waals surface area contributed by atoms with Gasteiger partial charge < -0.3 is 14.2 Å². The first kappa shape index (κ1) is 50.4. The van der Waals surface area contributed by atoms with Crippen LogP contribution in [0.4, 0.5) is 0 Å². The molecule has 0 saturated carbocycles. The molecule has 0 bridgehead atoms. The predicted octanol–water partition coefficient (Wildman–Crippen LogP) is 14.5. The number of rotatable bonds is 42. The molecule has 52 heavy (non-hydrogen) atoms. The fourth-order valence-corrected chi connectivity index (χ4v) is 6.85. The molecule has 0 aliphatic heterocycles. The Hall–Kier alpha value is -1.59. The standard InChI is InChI=1S/C46H88O6/c1-4-7-10-13-16-18-20-22-23-24-26-28-31-33-36-39-45(48)51-42-43(52-46(49)40-37-34-29-15-12-9-6-3)41-50-44(47)38-35-32-30-27-25-21-19-17-14-11-8-5-2/h43H,4-42H2,1-3H3/t43-/m0/s1. The second-order valence-corrected chi connectivity index (χ2v) is 15.7. The van der Waals surface area contributed by atoms with Crippen molar-refractivity contribution in [2.45, 2.75) is 264 Å². The van der Waals surface area contributed by atoms with Crippen LogP contribution in [0.1, 0.15) is 258 Å². The normalized spacial score (nSPS) is 11.8. The third-order valence-electron chi connectivity index (χ3n) is 10.4. The molecule has 0 unspecified atom stereocenters. The Morgan fingerprint density at radius 1 is 0.308 bits per heavy atom. The van der Waals surface area contributed by atoms with Gasteiger partial charge in [-0.25, -0.2) is 0 Å². The molecule has 1 atom stereocenters. The van der Waals surface area contributed by atoms with Crippen molar-refractivity contribution in [3.05, 3.63) is 0 Å². The Balaban J connectivity index is 4.21. The van der Waals surface area contributed by atoms with Crippen LogP contribution in [0.3, 0.4) is 0 Å². The molecule has 6 nitrogen and oxygen atoms in total. The first-order valence-corrected chi connectivity index (χ1v) is 23.0. The predicted molar refractivity (Wildman–Crippen MR) is 220 cm³/mol. The summed E-state index contributed by atoms with van der Waals surface area (Å²) in [6.45, 7) is 6.61. The molecule has 0 rings (SSSR count). The van der Waals surface area contributed by atoms with Gasteiger partial charge in [0.1, 0.15) is 13.2 Å². The molecule has 0 aromatic carbocycles. The zero-order chi connectivity index (χ0) is 38.0. The van der Waals surface area contributed by atoms with E-state index in [0.717, 1.165) is 57.8 Å². The molecule has 0 heterocycles. The highest BCUT2D eigenvalue weighted by molar-refractivity contribution is 5.71. The van der Waals surface area contributed by atoms with E-state index in [0.29, 0.717) is 19.3 Å². The molecule has 308 valence electrons. The molecule has 0 fully saturated rings. The Bertz CT molecular complexity index is 768. The van der Waals surface area contributed by atoms with Gasteiger partial charge in [-0.15, -0.1) is 0 Å². The smallest absolute Gasteiger partial charge is 0.306 e. The van der Waals surface area contributed by atoms with Crippen molar-refractivity contribution in [3.8, 4) is 0 Å². The molecule has 0 aliphatic carbocycles. The van der Waals surface area contributed by atoms with Gasteiger partial charge in [-0.05, 0) is 19.3 Å². The van der Waals surface area contributed by atoms with E-state index < -0.39 is 6.10 Å². The monoisotopic (exact) mass is 737 g/mol. The lowest BCUT2D eigenvalue weighted by Gasteiger charge is -2.18. The quantitative estimate of drug-likeness (QED) is 0.0353. The van der Waals surface area contributed by atoms with Gasteiger partial charge in [0, 0.05) is 19.3 Å². The van der Waals surface area contributed by atoms with Crippen molar-refractivity contribution in [2.75, 3.05) is 13.2 Å². The molecule has 0 aromatic rings. The molecule has 0 spiro atoms. The van der Waals surface area contributed by atoms with E-state index in [-0.39, 0.29) is 31.1 Å². The van der Waals surface area contributed by atoms with E-state index in [1.165, 1.54) is 161 Å². The average molecular weight is 737 g/mol. The van der Waals surface area contributed by atoms with E-state index in [4.69, 9.17) is 14.2 Å². The highest BCUT2D eigenvalue weighted by Crippen LogP contribution is 2.16. The van der Waals surface area contributed by atoms with Crippen LogP contribution in [0.25, 0.3) is 0 Å². The van der Waals surface area contributed by atoms with E-state index in [9.17, 15) is 14.4 Å². The summed E-state index contributed by atoms with van der Waals surface area (Å²) in [6, 6.07) is 0. The summed E-state index contributed by atoms with van der Waals surface area (Å²) in [5.74, 6) is -0.857. The summed E-state index contributed by atoms with van der Waals surface area (Å²) in [5.41, 5.74) is 0. The molecule has 0 aromatic heterocycles. The minimum Gasteiger partial charge on any atom is -0.462 e. The van der Waals surface area contributed by atoms with Crippen LogP contribution >= 0.6 is 0 Å². The van der Waals surface area contributed by atoms with E-state index in [2.05, 4.69) is 20.8 Å². The SMILES string of the molecule is CCCCCCCCCCCCCCCCCC(=O)OC[C@H](COC(=O)CCCCCCCCCCCCCC)OC(=O)CCCCCCCCC. The summed E-state index contributed by atoms with van der Waals surface area (Å²) < 4.78 is 16.7. The van der Waals surface area contributed by atoms with Gasteiger partial charge in [-0.2, -0.15) is 0 Å². The minimum absolute atomic E-state index is 0.0633. The Morgan fingerprint density at radius 3 is 0.769 bits per heavy atom. The molecule has 6 heteroatoms. The summed E-state index contributed by atoms with van der Waals surface area (Å²) in [5, 5.41) is 0. The number of ether oxygens (including phenoxy) is 3. The lowest BCUT2D eigenvalue weighted by Crippen LogP contribution is -2.30. The van der Waals surface area contributed by atoms with Crippen LogP contribution in [0.5, 0.6) is 0 Å². The van der Waals surface area contributed by atoms with Crippen LogP contribution in [-0.4, -0.2) is 37.2 Å². The Kier molecular flexibility index (Phi) is 40.9. The van der Waals surface area contributed by atoms with Crippen LogP contribution < -0.4 is 0 Å². The fraction of sp³-hybridized carbons (Fsp3) is 0.935. The zero-order valence-electron chi connectivity index (χ0n) is 35.1. The zero-order valence-corrected chi connectivity index (χ0v) is 35.1. The van der Waals surface area contributed by atoms with Crippen LogP contribution in [0.15, 0.2) is 0 Å². The summed E-state index contributed by atoms with van der Waals surface area (Å²) in [6.07, 6.45) is 42.4. The van der Waals surface area contributed by atoms with Crippen LogP contribution in [0.2, 0.25) is 0 Å². The summed E-state index contributed by atoms with van der Waals surface area (Å²) in [7, 11) is 0. The largest absolute Gasteiger partial charge is 0.462 e. The lowest BCUT2D eigenvalue weighted by atomic mass is 10.0. The topological polar surface area (TPSA) is 78.9 Å². The van der Waals surface area contributed by atoms with Gasteiger partial charge in [0.2, 0.25) is 0 Å². The van der Waals surface area contributed by atoms with Crippen LogP contribution in [0, 0.1) is 0 Å². The number of hydrogen-bond donors (Lipinski definition) is 0. The van der Waals surface area contributed by atoms with Gasteiger partial charge in [0.05, 0.1) is 0 Å². The molecule has 0 saturated heterocycles. The third kappa shape index (κ3) is 39.6. The Morgan fingerprint density at radius 2 is 0.519 bits per heavy atom. The number of unbranched alkanes of at least 4 members (excludes halogenated alkanes) is 31. The van der Waals surface area contributed by atoms with Gasteiger partial charge in [0.25, 0.3) is 0 Å². The average Bonchev–Trinajstić information content (AvgIpc) is 3.14. The first-order chi connectivity index (χ1) is 25.5. The second kappa shape index (κ2) is 42.2. The number of hydrogen-bond acceptors (Lipinski definition) is 6. The molecular formula is C46H88O6. The van der Waals surface area contributed by atoms with E-state index in [1.54, 1.807) is 0 Å². The first-order valence-electron chi connectivity index (χ1n) is 23.0. The van der Waals surface area contributed by atoms with Crippen molar-refractivity contribution < 1.29 is 28.6 Å². The number of carbonyl (C=O) groups is 3. The van der Waals surface area contributed by atoms with Crippen molar-refractivity contribution in [1.82, 2.24) is 0 Å². The van der Waals surface area contributed by atoms with E-state index in [1.807, 2.05) is 0 Å². The highest BCUT2D eigenvalue weighted by Gasteiger charge is 2.19. The maximum absolute atomic E-state index is 12.6. The highest BCUT2D eigenvalue weighted by atomic mass is 16.6. The van der Waals surface area contributed by atoms with Gasteiger partial charge >= 0.3 is 17.9 Å². The molecule has 0 radical (unpaired) electrons. The van der Waals surface area contributed by atoms with Crippen molar-refractivity contribution in [3.63, 3.8) is 0 Å². The molecule has 0 amide bonds.